The average molecular weight is 318 g/mol. The Morgan fingerprint density at radius 2 is 1.89 bits per heavy atom. The highest BCUT2D eigenvalue weighted by atomic mass is 79.9. The van der Waals surface area contributed by atoms with Crippen molar-refractivity contribution in [1.29, 1.82) is 0 Å². The Labute approximate surface area is 121 Å². The Bertz CT molecular complexity index is 605. The summed E-state index contributed by atoms with van der Waals surface area (Å²) < 4.78 is 0. The molecule has 19 heavy (non-hydrogen) atoms. The van der Waals surface area contributed by atoms with Crippen LogP contribution in [0, 0.1) is 0 Å². The highest BCUT2D eigenvalue weighted by molar-refractivity contribution is 9.09. The van der Waals surface area contributed by atoms with E-state index in [1.807, 2.05) is 42.5 Å². The lowest BCUT2D eigenvalue weighted by molar-refractivity contribution is 0.0940. The van der Waals surface area contributed by atoms with E-state index in [4.69, 9.17) is 0 Å². The lowest BCUT2D eigenvalue weighted by Crippen LogP contribution is -2.37. The zero-order chi connectivity index (χ0) is 13.2. The van der Waals surface area contributed by atoms with Crippen LogP contribution in [0.4, 0.5) is 0 Å². The molecule has 0 aromatic heterocycles. The molecule has 3 rings (SSSR count). The lowest BCUT2D eigenvalue weighted by Gasteiger charge is -2.16. The molecule has 0 spiro atoms. The van der Waals surface area contributed by atoms with Crippen LogP contribution in [0.1, 0.15) is 29.6 Å². The zero-order valence-corrected chi connectivity index (χ0v) is 12.2. The van der Waals surface area contributed by atoms with Gasteiger partial charge in [0, 0.05) is 16.4 Å². The molecule has 2 nitrogen and oxygen atoms in total. The summed E-state index contributed by atoms with van der Waals surface area (Å²) in [6.45, 7) is 0. The molecule has 0 heterocycles. The monoisotopic (exact) mass is 317 g/mol. The summed E-state index contributed by atoms with van der Waals surface area (Å²) in [6, 6.07) is 14.1. The number of halogens is 1. The summed E-state index contributed by atoms with van der Waals surface area (Å²) in [5.41, 5.74) is 0.768. The minimum Gasteiger partial charge on any atom is -0.348 e. The quantitative estimate of drug-likeness (QED) is 0.837. The molecule has 1 N–H and O–H groups in total. The molecule has 2 aromatic rings. The normalized spacial score (nSPS) is 22.6. The SMILES string of the molecule is O=C(NC1CCCC1Br)c1cccc2ccccc12. The number of carbonyl (C=O) groups excluding carboxylic acids is 1. The molecule has 98 valence electrons. The largest absolute Gasteiger partial charge is 0.348 e. The van der Waals surface area contributed by atoms with Crippen molar-refractivity contribution in [2.75, 3.05) is 0 Å². The van der Waals surface area contributed by atoms with E-state index >= 15 is 0 Å². The van der Waals surface area contributed by atoms with Crippen molar-refractivity contribution in [2.24, 2.45) is 0 Å². The van der Waals surface area contributed by atoms with Gasteiger partial charge in [-0.25, -0.2) is 0 Å². The Morgan fingerprint density at radius 3 is 2.68 bits per heavy atom. The van der Waals surface area contributed by atoms with Crippen molar-refractivity contribution in [2.45, 2.75) is 30.1 Å². The zero-order valence-electron chi connectivity index (χ0n) is 10.6. The highest BCUT2D eigenvalue weighted by Gasteiger charge is 2.26. The second-order valence-electron chi connectivity index (χ2n) is 5.05. The van der Waals surface area contributed by atoms with E-state index in [0.29, 0.717) is 4.83 Å². The molecule has 1 aliphatic rings. The predicted octanol–water partition coefficient (Wildman–Crippen LogP) is 3.89. The fourth-order valence-electron chi connectivity index (χ4n) is 2.75. The van der Waals surface area contributed by atoms with Crippen molar-refractivity contribution >= 4 is 32.6 Å². The third kappa shape index (κ3) is 2.52. The molecule has 1 amide bonds. The molecular weight excluding hydrogens is 302 g/mol. The number of carbonyl (C=O) groups is 1. The van der Waals surface area contributed by atoms with Gasteiger partial charge in [0.1, 0.15) is 0 Å². The minimum absolute atomic E-state index is 0.0353. The van der Waals surface area contributed by atoms with Crippen LogP contribution in [0.2, 0.25) is 0 Å². The molecule has 0 bridgehead atoms. The summed E-state index contributed by atoms with van der Waals surface area (Å²) in [5.74, 6) is 0.0353. The third-order valence-electron chi connectivity index (χ3n) is 3.78. The molecule has 1 saturated carbocycles. The van der Waals surface area contributed by atoms with Gasteiger partial charge < -0.3 is 5.32 Å². The van der Waals surface area contributed by atoms with Gasteiger partial charge in [-0.3, -0.25) is 4.79 Å². The Balaban J connectivity index is 1.89. The van der Waals surface area contributed by atoms with E-state index in [2.05, 4.69) is 21.2 Å². The van der Waals surface area contributed by atoms with E-state index in [9.17, 15) is 4.79 Å². The Hall–Kier alpha value is -1.35. The lowest BCUT2D eigenvalue weighted by atomic mass is 10.0. The number of nitrogens with one attached hydrogen (secondary N) is 1. The third-order valence-corrected chi connectivity index (χ3v) is 4.88. The summed E-state index contributed by atoms with van der Waals surface area (Å²) in [7, 11) is 0. The minimum atomic E-state index is 0.0353. The number of rotatable bonds is 2. The Morgan fingerprint density at radius 1 is 1.11 bits per heavy atom. The summed E-state index contributed by atoms with van der Waals surface area (Å²) >= 11 is 3.64. The highest BCUT2D eigenvalue weighted by Crippen LogP contribution is 2.26. The average Bonchev–Trinajstić information content (AvgIpc) is 2.83. The van der Waals surface area contributed by atoms with Gasteiger partial charge in [0.25, 0.3) is 5.91 Å². The molecule has 2 unspecified atom stereocenters. The van der Waals surface area contributed by atoms with Crippen molar-refractivity contribution in [3.05, 3.63) is 48.0 Å². The van der Waals surface area contributed by atoms with Gasteiger partial charge in [0.2, 0.25) is 0 Å². The topological polar surface area (TPSA) is 29.1 Å². The van der Waals surface area contributed by atoms with Gasteiger partial charge in [0.05, 0.1) is 0 Å². The van der Waals surface area contributed by atoms with Crippen molar-refractivity contribution < 1.29 is 4.79 Å². The van der Waals surface area contributed by atoms with E-state index in [1.165, 1.54) is 6.42 Å². The van der Waals surface area contributed by atoms with Crippen molar-refractivity contribution in [3.8, 4) is 0 Å². The number of alkyl halides is 1. The van der Waals surface area contributed by atoms with Gasteiger partial charge >= 0.3 is 0 Å². The van der Waals surface area contributed by atoms with Crippen molar-refractivity contribution in [1.82, 2.24) is 5.32 Å². The van der Waals surface area contributed by atoms with Gasteiger partial charge in [-0.15, -0.1) is 0 Å². The second-order valence-corrected chi connectivity index (χ2v) is 6.23. The summed E-state index contributed by atoms with van der Waals surface area (Å²) in [5, 5.41) is 5.28. The fraction of sp³-hybridized carbons (Fsp3) is 0.312. The van der Waals surface area contributed by atoms with Crippen LogP contribution in [0.25, 0.3) is 10.8 Å². The molecule has 1 aliphatic carbocycles. The predicted molar refractivity (Wildman–Crippen MR) is 81.8 cm³/mol. The molecule has 0 aliphatic heterocycles. The fourth-order valence-corrected chi connectivity index (χ4v) is 3.47. The van der Waals surface area contributed by atoms with Gasteiger partial charge in [-0.1, -0.05) is 58.7 Å². The first-order valence-electron chi connectivity index (χ1n) is 6.68. The van der Waals surface area contributed by atoms with E-state index < -0.39 is 0 Å². The van der Waals surface area contributed by atoms with Gasteiger partial charge in [0.15, 0.2) is 0 Å². The van der Waals surface area contributed by atoms with E-state index in [1.54, 1.807) is 0 Å². The number of benzene rings is 2. The first-order valence-corrected chi connectivity index (χ1v) is 7.60. The van der Waals surface area contributed by atoms with Gasteiger partial charge in [-0.2, -0.15) is 0 Å². The van der Waals surface area contributed by atoms with Crippen molar-refractivity contribution in [3.63, 3.8) is 0 Å². The van der Waals surface area contributed by atoms with Crippen LogP contribution in [0.5, 0.6) is 0 Å². The molecule has 2 atom stereocenters. The standard InChI is InChI=1S/C16H16BrNO/c17-14-9-4-10-15(14)18-16(19)13-8-3-6-11-5-1-2-7-12(11)13/h1-3,5-8,14-15H,4,9-10H2,(H,18,19). The molecule has 0 radical (unpaired) electrons. The maximum Gasteiger partial charge on any atom is 0.252 e. The van der Waals surface area contributed by atoms with Crippen LogP contribution in [0.15, 0.2) is 42.5 Å². The van der Waals surface area contributed by atoms with Crippen LogP contribution in [-0.2, 0) is 0 Å². The molecular formula is C16H16BrNO. The first kappa shape index (κ1) is 12.7. The number of amides is 1. The molecule has 1 fully saturated rings. The van der Waals surface area contributed by atoms with Crippen LogP contribution in [0.3, 0.4) is 0 Å². The number of hydrogen-bond acceptors (Lipinski definition) is 1. The molecule has 2 aromatic carbocycles. The summed E-state index contributed by atoms with van der Waals surface area (Å²) in [6.07, 6.45) is 3.38. The van der Waals surface area contributed by atoms with Crippen LogP contribution in [-0.4, -0.2) is 16.8 Å². The maximum atomic E-state index is 12.4. The first-order chi connectivity index (χ1) is 9.25. The van der Waals surface area contributed by atoms with Crippen LogP contribution < -0.4 is 5.32 Å². The Kier molecular flexibility index (Phi) is 3.56. The molecule has 0 saturated heterocycles. The van der Waals surface area contributed by atoms with E-state index in [-0.39, 0.29) is 11.9 Å². The van der Waals surface area contributed by atoms with Gasteiger partial charge in [-0.05, 0) is 29.7 Å². The number of hydrogen-bond donors (Lipinski definition) is 1. The van der Waals surface area contributed by atoms with Crippen LogP contribution >= 0.6 is 15.9 Å². The molecule has 3 heteroatoms. The summed E-state index contributed by atoms with van der Waals surface area (Å²) in [4.78, 5) is 12.8. The second kappa shape index (κ2) is 5.33. The number of fused-ring (bicyclic) bond motifs is 1. The van der Waals surface area contributed by atoms with E-state index in [0.717, 1.165) is 29.2 Å². The smallest absolute Gasteiger partial charge is 0.252 e. The maximum absolute atomic E-state index is 12.4.